The van der Waals surface area contributed by atoms with E-state index < -0.39 is 0 Å². The van der Waals surface area contributed by atoms with Gasteiger partial charge < -0.3 is 5.32 Å². The van der Waals surface area contributed by atoms with E-state index >= 15 is 0 Å². The zero-order chi connectivity index (χ0) is 14.0. The molecular weight excluding hydrogens is 260 g/mol. The van der Waals surface area contributed by atoms with E-state index in [2.05, 4.69) is 21.0 Å². The normalized spacial score (nSPS) is 23.1. The quantitative estimate of drug-likeness (QED) is 0.900. The molecule has 5 nitrogen and oxygen atoms in total. The maximum atomic E-state index is 12.3. The molecule has 2 unspecified atom stereocenters. The molecule has 0 aromatic carbocycles. The Hall–Kier alpha value is -1.48. The third-order valence-electron chi connectivity index (χ3n) is 3.40. The predicted molar refractivity (Wildman–Crippen MR) is 72.8 cm³/mol. The number of nitrogens with one attached hydrogen (secondary N) is 1. The van der Waals surface area contributed by atoms with Crippen molar-refractivity contribution in [3.8, 4) is 6.07 Å². The first kappa shape index (κ1) is 13.9. The van der Waals surface area contributed by atoms with Gasteiger partial charge in [0.1, 0.15) is 4.88 Å². The van der Waals surface area contributed by atoms with Crippen molar-refractivity contribution in [2.24, 2.45) is 5.92 Å². The number of nitriles is 1. The van der Waals surface area contributed by atoms with Crippen molar-refractivity contribution >= 4 is 17.4 Å². The first-order chi connectivity index (χ1) is 8.93. The number of amides is 1. The molecule has 6 heteroatoms. The Morgan fingerprint density at radius 1 is 1.47 bits per heavy atom. The Balaban J connectivity index is 2.13. The highest BCUT2D eigenvalue weighted by atomic mass is 32.1. The summed E-state index contributed by atoms with van der Waals surface area (Å²) in [7, 11) is 0. The van der Waals surface area contributed by atoms with Gasteiger partial charge in [0.25, 0.3) is 5.91 Å². The van der Waals surface area contributed by atoms with Crippen molar-refractivity contribution < 1.29 is 4.79 Å². The fourth-order valence-corrected chi connectivity index (χ4v) is 3.13. The Labute approximate surface area is 117 Å². The Bertz CT molecular complexity index is 511. The van der Waals surface area contributed by atoms with Crippen LogP contribution in [0.1, 0.15) is 55.4 Å². The number of rotatable bonds is 2. The van der Waals surface area contributed by atoms with Gasteiger partial charge in [-0.25, -0.2) is 0 Å². The molecule has 0 radical (unpaired) electrons. The van der Waals surface area contributed by atoms with E-state index in [9.17, 15) is 4.79 Å². The average molecular weight is 278 g/mol. The van der Waals surface area contributed by atoms with Crippen LogP contribution in [0.15, 0.2) is 0 Å². The molecule has 1 aromatic heterocycles. The van der Waals surface area contributed by atoms with Gasteiger partial charge in [0, 0.05) is 11.5 Å². The topological polar surface area (TPSA) is 78.7 Å². The van der Waals surface area contributed by atoms with Crippen LogP contribution in [0.2, 0.25) is 0 Å². The second kappa shape index (κ2) is 5.25. The third-order valence-corrected chi connectivity index (χ3v) is 4.13. The van der Waals surface area contributed by atoms with Gasteiger partial charge in [-0.15, -0.1) is 5.10 Å². The second-order valence-corrected chi connectivity index (χ2v) is 6.70. The summed E-state index contributed by atoms with van der Waals surface area (Å²) in [5.41, 5.74) is 0.519. The van der Waals surface area contributed by atoms with Gasteiger partial charge in [-0.05, 0) is 30.8 Å². The van der Waals surface area contributed by atoms with Crippen LogP contribution in [-0.2, 0) is 5.41 Å². The molecule has 102 valence electrons. The van der Waals surface area contributed by atoms with Gasteiger partial charge in [-0.3, -0.25) is 4.79 Å². The minimum absolute atomic E-state index is 0.0348. The zero-order valence-electron chi connectivity index (χ0n) is 11.4. The van der Waals surface area contributed by atoms with Crippen LogP contribution >= 0.6 is 11.5 Å². The molecule has 1 fully saturated rings. The number of hydrogen-bond donors (Lipinski definition) is 1. The number of carbonyl (C=O) groups is 1. The van der Waals surface area contributed by atoms with Crippen LogP contribution in [0.25, 0.3) is 0 Å². The highest BCUT2D eigenvalue weighted by Gasteiger charge is 2.31. The second-order valence-electron chi connectivity index (χ2n) is 5.95. The van der Waals surface area contributed by atoms with Gasteiger partial charge in [0.05, 0.1) is 17.7 Å². The fourth-order valence-electron chi connectivity index (χ4n) is 2.35. The number of nitrogens with zero attached hydrogens (tertiary/aromatic N) is 3. The van der Waals surface area contributed by atoms with Crippen LogP contribution in [0.3, 0.4) is 0 Å². The van der Waals surface area contributed by atoms with Crippen LogP contribution in [-0.4, -0.2) is 21.5 Å². The molecular formula is C13H18N4OS. The highest BCUT2D eigenvalue weighted by molar-refractivity contribution is 7.08. The lowest BCUT2D eigenvalue weighted by Crippen LogP contribution is -2.37. The maximum Gasteiger partial charge on any atom is 0.265 e. The SMILES string of the molecule is CC(C)(C)c1nnsc1C(=O)NC1CCCC1C#N. The van der Waals surface area contributed by atoms with Gasteiger partial charge >= 0.3 is 0 Å². The first-order valence-electron chi connectivity index (χ1n) is 6.47. The Morgan fingerprint density at radius 3 is 2.84 bits per heavy atom. The molecule has 2 atom stereocenters. The molecule has 0 spiro atoms. The summed E-state index contributed by atoms with van der Waals surface area (Å²) >= 11 is 1.12. The van der Waals surface area contributed by atoms with Crippen LogP contribution < -0.4 is 5.32 Å². The summed E-state index contributed by atoms with van der Waals surface area (Å²) < 4.78 is 3.89. The van der Waals surface area contributed by atoms with E-state index in [0.717, 1.165) is 36.5 Å². The van der Waals surface area contributed by atoms with Crippen molar-refractivity contribution in [3.63, 3.8) is 0 Å². The maximum absolute atomic E-state index is 12.3. The minimum Gasteiger partial charge on any atom is -0.347 e. The molecule has 1 aromatic rings. The summed E-state index contributed by atoms with van der Waals surface area (Å²) in [6.45, 7) is 6.02. The number of carbonyl (C=O) groups excluding carboxylic acids is 1. The molecule has 1 aliphatic rings. The molecule has 1 saturated carbocycles. The standard InChI is InChI=1S/C13H18N4OS/c1-13(2,3)11-10(19-17-16-11)12(18)15-9-6-4-5-8(9)7-14/h8-9H,4-6H2,1-3H3,(H,15,18). The first-order valence-corrected chi connectivity index (χ1v) is 7.24. The van der Waals surface area contributed by atoms with Gasteiger partial charge in [-0.2, -0.15) is 5.26 Å². The summed E-state index contributed by atoms with van der Waals surface area (Å²) in [4.78, 5) is 12.9. The van der Waals surface area contributed by atoms with Crippen molar-refractivity contribution in [1.82, 2.24) is 14.9 Å². The van der Waals surface area contributed by atoms with Crippen molar-refractivity contribution in [1.29, 1.82) is 5.26 Å². The third kappa shape index (κ3) is 2.92. The Morgan fingerprint density at radius 2 is 2.21 bits per heavy atom. The van der Waals surface area contributed by atoms with E-state index in [-0.39, 0.29) is 23.3 Å². The van der Waals surface area contributed by atoms with Crippen LogP contribution in [0, 0.1) is 17.2 Å². The van der Waals surface area contributed by atoms with E-state index in [4.69, 9.17) is 5.26 Å². The van der Waals surface area contributed by atoms with E-state index in [0.29, 0.717) is 4.88 Å². The molecule has 0 aliphatic heterocycles. The predicted octanol–water partition coefficient (Wildman–Crippen LogP) is 2.26. The lowest BCUT2D eigenvalue weighted by atomic mass is 9.91. The minimum atomic E-state index is -0.204. The van der Waals surface area contributed by atoms with Crippen LogP contribution in [0.4, 0.5) is 0 Å². The molecule has 0 bridgehead atoms. The van der Waals surface area contributed by atoms with Crippen LogP contribution in [0.5, 0.6) is 0 Å². The molecule has 2 rings (SSSR count). The fraction of sp³-hybridized carbons (Fsp3) is 0.692. The number of hydrogen-bond acceptors (Lipinski definition) is 5. The van der Waals surface area contributed by atoms with Gasteiger partial charge in [0.15, 0.2) is 0 Å². The zero-order valence-corrected chi connectivity index (χ0v) is 12.3. The number of aromatic nitrogens is 2. The summed E-state index contributed by atoms with van der Waals surface area (Å²) in [5, 5.41) is 16.1. The summed E-state index contributed by atoms with van der Waals surface area (Å²) in [6.07, 6.45) is 2.74. The van der Waals surface area contributed by atoms with Crippen molar-refractivity contribution in [2.45, 2.75) is 51.5 Å². The molecule has 1 N–H and O–H groups in total. The molecule has 19 heavy (non-hydrogen) atoms. The molecule has 1 aliphatic carbocycles. The van der Waals surface area contributed by atoms with Gasteiger partial charge in [0.2, 0.25) is 0 Å². The van der Waals surface area contributed by atoms with Crippen molar-refractivity contribution in [2.75, 3.05) is 0 Å². The largest absolute Gasteiger partial charge is 0.347 e. The van der Waals surface area contributed by atoms with E-state index in [1.165, 1.54) is 0 Å². The highest BCUT2D eigenvalue weighted by Crippen LogP contribution is 2.28. The average Bonchev–Trinajstić information content (AvgIpc) is 2.95. The lowest BCUT2D eigenvalue weighted by molar-refractivity contribution is 0.0934. The molecule has 0 saturated heterocycles. The van der Waals surface area contributed by atoms with E-state index in [1.54, 1.807) is 0 Å². The van der Waals surface area contributed by atoms with E-state index in [1.807, 2.05) is 20.8 Å². The van der Waals surface area contributed by atoms with Crippen molar-refractivity contribution in [3.05, 3.63) is 10.6 Å². The smallest absolute Gasteiger partial charge is 0.265 e. The monoisotopic (exact) mass is 278 g/mol. The lowest BCUT2D eigenvalue weighted by Gasteiger charge is -2.18. The molecule has 1 heterocycles. The van der Waals surface area contributed by atoms with Gasteiger partial charge in [-0.1, -0.05) is 25.3 Å². The summed E-state index contributed by atoms with van der Waals surface area (Å²) in [5.74, 6) is -0.213. The molecule has 1 amide bonds. The summed E-state index contributed by atoms with van der Waals surface area (Å²) in [6, 6.07) is 2.23. The Kier molecular flexibility index (Phi) is 3.85.